The number of aromatic nitrogens is 3. The number of nitrogens with zero attached hydrogens (tertiary/aromatic N) is 3. The van der Waals surface area contributed by atoms with Crippen LogP contribution in [0.1, 0.15) is 0 Å². The second-order valence-corrected chi connectivity index (χ2v) is 11.3. The van der Waals surface area contributed by atoms with Gasteiger partial charge in [-0.2, -0.15) is 0 Å². The van der Waals surface area contributed by atoms with Crippen molar-refractivity contribution in [3.05, 3.63) is 176 Å². The van der Waals surface area contributed by atoms with Gasteiger partial charge in [-0.1, -0.05) is 152 Å². The lowest BCUT2D eigenvalue weighted by Gasteiger charge is -2.14. The maximum Gasteiger partial charge on any atom is 0.160 e. The Bertz CT molecular complexity index is 2280. The van der Waals surface area contributed by atoms with Gasteiger partial charge in [0, 0.05) is 34.6 Å². The van der Waals surface area contributed by atoms with E-state index in [-0.39, 0.29) is 0 Å². The first kappa shape index (κ1) is 27.4. The van der Waals surface area contributed by atoms with E-state index in [1.165, 1.54) is 21.9 Å². The maximum atomic E-state index is 5.10. The summed E-state index contributed by atoms with van der Waals surface area (Å²) in [7, 11) is 0. The molecule has 0 aliphatic rings. The van der Waals surface area contributed by atoms with Gasteiger partial charge in [-0.3, -0.25) is 4.98 Å². The molecule has 0 N–H and O–H groups in total. The highest BCUT2D eigenvalue weighted by atomic mass is 14.9. The van der Waals surface area contributed by atoms with Crippen LogP contribution in [0.15, 0.2) is 176 Å². The molecule has 6 aromatic carbocycles. The molecule has 0 saturated carbocycles. The van der Waals surface area contributed by atoms with Crippen LogP contribution in [0.25, 0.3) is 78.1 Å². The molecule has 0 unspecified atom stereocenters. The molecule has 0 amide bonds. The van der Waals surface area contributed by atoms with Crippen molar-refractivity contribution in [2.24, 2.45) is 0 Å². The molecule has 0 spiro atoms. The molecular formula is C43H29N3. The van der Waals surface area contributed by atoms with Gasteiger partial charge in [0.25, 0.3) is 0 Å². The summed E-state index contributed by atoms with van der Waals surface area (Å²) in [5.41, 5.74) is 11.8. The first-order valence-electron chi connectivity index (χ1n) is 15.4. The molecule has 0 atom stereocenters. The molecule has 3 nitrogen and oxygen atoms in total. The zero-order valence-electron chi connectivity index (χ0n) is 25.1. The molecule has 0 radical (unpaired) electrons. The van der Waals surface area contributed by atoms with Crippen molar-refractivity contribution in [1.29, 1.82) is 0 Å². The standard InChI is InChI=1S/C43H29N3/c1-3-12-30(13-4-1)35-17-7-10-20-40(35)42-28-41(45-43(46-42)33-14-5-2-6-15-33)32-23-21-31(22-24-32)36-25-26-37(34-16-11-27-44-29-34)39-19-9-8-18-38(36)39/h1-29H. The molecule has 0 bridgehead atoms. The van der Waals surface area contributed by atoms with Crippen molar-refractivity contribution in [2.75, 3.05) is 0 Å². The number of fused-ring (bicyclic) bond motifs is 1. The zero-order valence-corrected chi connectivity index (χ0v) is 25.1. The van der Waals surface area contributed by atoms with Gasteiger partial charge in [-0.15, -0.1) is 0 Å². The Morgan fingerprint density at radius 3 is 1.52 bits per heavy atom. The maximum absolute atomic E-state index is 5.10. The Hall–Kier alpha value is -6.19. The number of pyridine rings is 1. The van der Waals surface area contributed by atoms with Crippen LogP contribution < -0.4 is 0 Å². The van der Waals surface area contributed by atoms with Crippen molar-refractivity contribution >= 4 is 10.8 Å². The van der Waals surface area contributed by atoms with E-state index in [0.29, 0.717) is 5.82 Å². The SMILES string of the molecule is c1ccc(-c2nc(-c3ccc(-c4ccc(-c5cccnc5)c5ccccc45)cc3)cc(-c3ccccc3-c3ccccc3)n2)cc1. The van der Waals surface area contributed by atoms with Gasteiger partial charge in [0.15, 0.2) is 5.82 Å². The van der Waals surface area contributed by atoms with Crippen molar-refractivity contribution in [3.8, 4) is 67.3 Å². The molecule has 0 aliphatic carbocycles. The summed E-state index contributed by atoms with van der Waals surface area (Å²) in [5, 5.41) is 2.42. The Morgan fingerprint density at radius 2 is 0.848 bits per heavy atom. The summed E-state index contributed by atoms with van der Waals surface area (Å²) in [5.74, 6) is 0.706. The van der Waals surface area contributed by atoms with E-state index in [9.17, 15) is 0 Å². The van der Waals surface area contributed by atoms with E-state index >= 15 is 0 Å². The normalized spacial score (nSPS) is 11.0. The topological polar surface area (TPSA) is 38.7 Å². The van der Waals surface area contributed by atoms with Gasteiger partial charge in [0.1, 0.15) is 0 Å². The summed E-state index contributed by atoms with van der Waals surface area (Å²) < 4.78 is 0. The fourth-order valence-corrected chi connectivity index (χ4v) is 6.17. The second-order valence-electron chi connectivity index (χ2n) is 11.3. The van der Waals surface area contributed by atoms with Crippen LogP contribution >= 0.6 is 0 Å². The molecule has 0 saturated heterocycles. The van der Waals surface area contributed by atoms with Gasteiger partial charge in [-0.25, -0.2) is 9.97 Å². The van der Waals surface area contributed by atoms with Crippen LogP contribution in [0.4, 0.5) is 0 Å². The highest BCUT2D eigenvalue weighted by molar-refractivity contribution is 6.05. The number of hydrogen-bond acceptors (Lipinski definition) is 3. The Morgan fingerprint density at radius 1 is 0.326 bits per heavy atom. The van der Waals surface area contributed by atoms with Crippen molar-refractivity contribution in [1.82, 2.24) is 15.0 Å². The zero-order chi connectivity index (χ0) is 30.7. The van der Waals surface area contributed by atoms with Crippen LogP contribution in [0.5, 0.6) is 0 Å². The highest BCUT2D eigenvalue weighted by Gasteiger charge is 2.15. The average molecular weight is 588 g/mol. The summed E-state index contributed by atoms with van der Waals surface area (Å²) in [6, 6.07) is 57.1. The fourth-order valence-electron chi connectivity index (χ4n) is 6.17. The molecule has 2 aromatic heterocycles. The lowest BCUT2D eigenvalue weighted by Crippen LogP contribution is -1.97. The summed E-state index contributed by atoms with van der Waals surface area (Å²) >= 11 is 0. The second kappa shape index (κ2) is 12.1. The molecule has 8 rings (SSSR count). The highest BCUT2D eigenvalue weighted by Crippen LogP contribution is 2.37. The third kappa shape index (κ3) is 5.25. The Balaban J connectivity index is 1.23. The van der Waals surface area contributed by atoms with Crippen molar-refractivity contribution in [2.45, 2.75) is 0 Å². The molecule has 0 aliphatic heterocycles. The largest absolute Gasteiger partial charge is 0.264 e. The van der Waals surface area contributed by atoms with E-state index in [0.717, 1.165) is 50.3 Å². The Labute approximate surface area is 268 Å². The number of rotatable bonds is 6. The molecule has 2 heterocycles. The molecule has 3 heteroatoms. The average Bonchev–Trinajstić information content (AvgIpc) is 3.15. The third-order valence-corrected chi connectivity index (χ3v) is 8.43. The van der Waals surface area contributed by atoms with Crippen LogP contribution in [0, 0.1) is 0 Å². The molecule has 216 valence electrons. The first-order chi connectivity index (χ1) is 22.8. The van der Waals surface area contributed by atoms with Crippen LogP contribution in [0.3, 0.4) is 0 Å². The van der Waals surface area contributed by atoms with E-state index in [1.54, 1.807) is 0 Å². The monoisotopic (exact) mass is 587 g/mol. The summed E-state index contributed by atoms with van der Waals surface area (Å²) in [4.78, 5) is 14.5. The minimum Gasteiger partial charge on any atom is -0.264 e. The van der Waals surface area contributed by atoms with Crippen molar-refractivity contribution in [3.63, 3.8) is 0 Å². The van der Waals surface area contributed by atoms with Crippen LogP contribution in [0.2, 0.25) is 0 Å². The van der Waals surface area contributed by atoms with Crippen LogP contribution in [-0.4, -0.2) is 15.0 Å². The van der Waals surface area contributed by atoms with Crippen LogP contribution in [-0.2, 0) is 0 Å². The van der Waals surface area contributed by atoms with E-state index in [2.05, 4.69) is 138 Å². The minimum absolute atomic E-state index is 0.706. The lowest BCUT2D eigenvalue weighted by atomic mass is 9.92. The molecule has 46 heavy (non-hydrogen) atoms. The summed E-state index contributed by atoms with van der Waals surface area (Å²) in [6.45, 7) is 0. The third-order valence-electron chi connectivity index (χ3n) is 8.43. The first-order valence-corrected chi connectivity index (χ1v) is 15.4. The van der Waals surface area contributed by atoms with E-state index in [1.807, 2.05) is 42.7 Å². The Kier molecular flexibility index (Phi) is 7.18. The van der Waals surface area contributed by atoms with Gasteiger partial charge in [0.2, 0.25) is 0 Å². The lowest BCUT2D eigenvalue weighted by molar-refractivity contribution is 1.18. The van der Waals surface area contributed by atoms with Crippen molar-refractivity contribution < 1.29 is 0 Å². The van der Waals surface area contributed by atoms with Gasteiger partial charge < -0.3 is 0 Å². The summed E-state index contributed by atoms with van der Waals surface area (Å²) in [6.07, 6.45) is 3.74. The molecular weight excluding hydrogens is 558 g/mol. The predicted octanol–water partition coefficient (Wildman–Crippen LogP) is 11.0. The number of hydrogen-bond donors (Lipinski definition) is 0. The predicted molar refractivity (Wildman–Crippen MR) is 190 cm³/mol. The molecule has 0 fully saturated rings. The van der Waals surface area contributed by atoms with E-state index in [4.69, 9.17) is 9.97 Å². The smallest absolute Gasteiger partial charge is 0.160 e. The van der Waals surface area contributed by atoms with Gasteiger partial charge in [0.05, 0.1) is 11.4 Å². The van der Waals surface area contributed by atoms with E-state index < -0.39 is 0 Å². The fraction of sp³-hybridized carbons (Fsp3) is 0. The minimum atomic E-state index is 0.706. The number of benzene rings is 6. The van der Waals surface area contributed by atoms with Gasteiger partial charge >= 0.3 is 0 Å². The van der Waals surface area contributed by atoms with Gasteiger partial charge in [-0.05, 0) is 50.7 Å². The molecule has 8 aromatic rings. The quantitative estimate of drug-likeness (QED) is 0.194.